The molecule has 2 saturated heterocycles. The highest BCUT2D eigenvalue weighted by molar-refractivity contribution is 5.59. The highest BCUT2D eigenvalue weighted by Gasteiger charge is 2.44. The number of benzene rings is 1. The molecule has 116 valence electrons. The zero-order valence-electron chi connectivity index (χ0n) is 13.3. The number of hydrogen-bond donors (Lipinski definition) is 2. The number of nitrogens with zero attached hydrogens (tertiary/aromatic N) is 2. The van der Waals surface area contributed by atoms with Crippen molar-refractivity contribution in [1.29, 1.82) is 0 Å². The van der Waals surface area contributed by atoms with Crippen molar-refractivity contribution in [3.63, 3.8) is 0 Å². The maximum atomic E-state index is 9.79. The molecule has 1 aromatic carbocycles. The summed E-state index contributed by atoms with van der Waals surface area (Å²) < 4.78 is 1.18. The van der Waals surface area contributed by atoms with E-state index < -0.39 is 0 Å². The third-order valence-electron chi connectivity index (χ3n) is 5.66. The fourth-order valence-electron chi connectivity index (χ4n) is 4.09. The van der Waals surface area contributed by atoms with Crippen molar-refractivity contribution in [3.05, 3.63) is 23.8 Å². The number of rotatable bonds is 3. The van der Waals surface area contributed by atoms with Crippen LogP contribution in [0.15, 0.2) is 18.2 Å². The van der Waals surface area contributed by atoms with E-state index in [1.165, 1.54) is 36.1 Å². The fraction of sp³-hybridized carbons (Fsp3) is 0.647. The van der Waals surface area contributed by atoms with E-state index in [4.69, 9.17) is 5.73 Å². The first-order valence-corrected chi connectivity index (χ1v) is 8.11. The Morgan fingerprint density at radius 2 is 2.05 bits per heavy atom. The van der Waals surface area contributed by atoms with Crippen LogP contribution < -0.4 is 10.6 Å². The molecule has 0 amide bonds. The Hall–Kier alpha value is -1.26. The molecule has 0 bridgehead atoms. The molecule has 2 heterocycles. The monoisotopic (exact) mass is 290 g/mol. The predicted octanol–water partition coefficient (Wildman–Crippen LogP) is 1.76. The molecule has 2 aliphatic heterocycles. The Kier molecular flexibility index (Phi) is 3.84. The molecule has 3 N–H and O–H groups in total. The first kappa shape index (κ1) is 14.7. The van der Waals surface area contributed by atoms with E-state index >= 15 is 0 Å². The van der Waals surface area contributed by atoms with Crippen molar-refractivity contribution in [2.75, 3.05) is 43.9 Å². The molecule has 21 heavy (non-hydrogen) atoms. The molecule has 2 atom stereocenters. The van der Waals surface area contributed by atoms with Gasteiger partial charge in [-0.25, -0.2) is 0 Å². The Morgan fingerprint density at radius 3 is 2.67 bits per heavy atom. The Labute approximate surface area is 127 Å². The van der Waals surface area contributed by atoms with Gasteiger partial charge in [0.25, 0.3) is 0 Å². The molecule has 0 saturated carbocycles. The van der Waals surface area contributed by atoms with Crippen LogP contribution in [0.25, 0.3) is 0 Å². The second kappa shape index (κ2) is 5.50. The summed E-state index contributed by atoms with van der Waals surface area (Å²) in [6.45, 7) is 5.91. The van der Waals surface area contributed by atoms with Crippen LogP contribution >= 0.6 is 0 Å². The molecular weight excluding hydrogens is 262 g/mol. The van der Waals surface area contributed by atoms with E-state index in [0.29, 0.717) is 6.04 Å². The number of likely N-dealkylation sites (tertiary alicyclic amines) is 1. The summed E-state index contributed by atoms with van der Waals surface area (Å²) in [5, 5.41) is 9.79. The largest absolute Gasteiger partial charge is 0.399 e. The average molecular weight is 290 g/mol. The third kappa shape index (κ3) is 2.62. The number of quaternary nitrogens is 1. The number of aryl methyl sites for hydroxylation is 1. The molecule has 3 rings (SSSR count). The number of hydrogen-bond acceptors (Lipinski definition) is 3. The molecule has 0 spiro atoms. The molecular formula is C17H28N3O+. The highest BCUT2D eigenvalue weighted by Crippen LogP contribution is 2.34. The van der Waals surface area contributed by atoms with Crippen LogP contribution in [0.3, 0.4) is 0 Å². The Balaban J connectivity index is 1.82. The van der Waals surface area contributed by atoms with Crippen LogP contribution in [0.2, 0.25) is 0 Å². The Bertz CT molecular complexity index is 511. The van der Waals surface area contributed by atoms with Gasteiger partial charge in [-0.1, -0.05) is 0 Å². The molecule has 0 aromatic heterocycles. The van der Waals surface area contributed by atoms with Gasteiger partial charge in [-0.3, -0.25) is 0 Å². The van der Waals surface area contributed by atoms with Crippen LogP contribution in [0, 0.1) is 6.92 Å². The van der Waals surface area contributed by atoms with Crippen molar-refractivity contribution in [1.82, 2.24) is 0 Å². The minimum Gasteiger partial charge on any atom is -0.399 e. The van der Waals surface area contributed by atoms with Gasteiger partial charge in [0.1, 0.15) is 6.04 Å². The molecule has 2 fully saturated rings. The first-order chi connectivity index (χ1) is 10.0. The van der Waals surface area contributed by atoms with Gasteiger partial charge in [-0.2, -0.15) is 0 Å². The van der Waals surface area contributed by atoms with Crippen LogP contribution in [-0.2, 0) is 0 Å². The predicted molar refractivity (Wildman–Crippen MR) is 87.4 cm³/mol. The fourth-order valence-corrected chi connectivity index (χ4v) is 4.09. The normalized spacial score (nSPS) is 28.2. The van der Waals surface area contributed by atoms with E-state index in [0.717, 1.165) is 24.2 Å². The van der Waals surface area contributed by atoms with Crippen molar-refractivity contribution < 1.29 is 9.59 Å². The second-order valence-electron chi connectivity index (χ2n) is 7.05. The minimum atomic E-state index is 0.236. The first-order valence-electron chi connectivity index (χ1n) is 8.11. The molecule has 2 aliphatic rings. The lowest BCUT2D eigenvalue weighted by Crippen LogP contribution is -2.51. The third-order valence-corrected chi connectivity index (χ3v) is 5.66. The van der Waals surface area contributed by atoms with Crippen molar-refractivity contribution in [3.8, 4) is 0 Å². The highest BCUT2D eigenvalue weighted by atomic mass is 16.3. The van der Waals surface area contributed by atoms with Crippen LogP contribution in [0.4, 0.5) is 11.4 Å². The number of anilines is 2. The van der Waals surface area contributed by atoms with Gasteiger partial charge in [0.2, 0.25) is 0 Å². The van der Waals surface area contributed by atoms with Crippen LogP contribution in [0.5, 0.6) is 0 Å². The van der Waals surface area contributed by atoms with Gasteiger partial charge < -0.3 is 20.2 Å². The summed E-state index contributed by atoms with van der Waals surface area (Å²) in [6.07, 6.45) is 3.78. The van der Waals surface area contributed by atoms with E-state index in [1.807, 2.05) is 6.07 Å². The molecule has 4 heteroatoms. The van der Waals surface area contributed by atoms with Gasteiger partial charge in [0.15, 0.2) is 0 Å². The second-order valence-corrected chi connectivity index (χ2v) is 7.05. The van der Waals surface area contributed by atoms with Gasteiger partial charge >= 0.3 is 0 Å². The summed E-state index contributed by atoms with van der Waals surface area (Å²) >= 11 is 0. The zero-order chi connectivity index (χ0) is 15.0. The van der Waals surface area contributed by atoms with Crippen molar-refractivity contribution >= 4 is 11.4 Å². The van der Waals surface area contributed by atoms with E-state index in [1.54, 1.807) is 0 Å². The van der Waals surface area contributed by atoms with Crippen molar-refractivity contribution in [2.45, 2.75) is 38.3 Å². The molecule has 4 nitrogen and oxygen atoms in total. The summed E-state index contributed by atoms with van der Waals surface area (Å²) in [7, 11) is 2.39. The van der Waals surface area contributed by atoms with Gasteiger partial charge in [-0.15, -0.1) is 0 Å². The summed E-state index contributed by atoms with van der Waals surface area (Å²) in [4.78, 5) is 2.39. The standard InChI is InChI=1S/C17H28N3O/c1-13-9-14(5-6-17(13)18)19-11-16(10-15(19)12-21)20(2)7-3-4-8-20/h5-6,9,15-16,21H,3-4,7-8,10-12,18H2,1-2H3/q+1. The minimum absolute atomic E-state index is 0.236. The van der Waals surface area contributed by atoms with Crippen molar-refractivity contribution in [2.24, 2.45) is 0 Å². The molecule has 0 aliphatic carbocycles. The van der Waals surface area contributed by atoms with E-state index in [2.05, 4.69) is 31.0 Å². The summed E-state index contributed by atoms with van der Waals surface area (Å²) in [6, 6.07) is 7.12. The van der Waals surface area contributed by atoms with E-state index in [-0.39, 0.29) is 12.6 Å². The quantitative estimate of drug-likeness (QED) is 0.659. The molecule has 2 unspecified atom stereocenters. The smallest absolute Gasteiger partial charge is 0.109 e. The lowest BCUT2D eigenvalue weighted by Gasteiger charge is -2.35. The summed E-state index contributed by atoms with van der Waals surface area (Å²) in [5.41, 5.74) is 9.10. The van der Waals surface area contributed by atoms with Gasteiger partial charge in [0, 0.05) is 30.6 Å². The average Bonchev–Trinajstić information content (AvgIpc) is 3.09. The topological polar surface area (TPSA) is 49.5 Å². The molecule has 1 aromatic rings. The maximum absolute atomic E-state index is 9.79. The van der Waals surface area contributed by atoms with E-state index in [9.17, 15) is 5.11 Å². The Morgan fingerprint density at radius 1 is 1.33 bits per heavy atom. The van der Waals surface area contributed by atoms with Gasteiger partial charge in [-0.05, 0) is 30.7 Å². The number of nitrogens with two attached hydrogens (primary N) is 1. The van der Waals surface area contributed by atoms with Crippen LogP contribution in [0.1, 0.15) is 24.8 Å². The summed E-state index contributed by atoms with van der Waals surface area (Å²) in [5.74, 6) is 0. The van der Waals surface area contributed by atoms with Crippen LogP contribution in [-0.4, -0.2) is 55.0 Å². The van der Waals surface area contributed by atoms with Gasteiger partial charge in [0.05, 0.1) is 39.3 Å². The number of likely N-dealkylation sites (N-methyl/N-ethyl adjacent to an activating group) is 1. The SMILES string of the molecule is Cc1cc(N2CC([N+]3(C)CCCC3)CC2CO)ccc1N. The molecule has 0 radical (unpaired) electrons. The number of aliphatic hydroxyl groups is 1. The number of aliphatic hydroxyl groups excluding tert-OH is 1. The maximum Gasteiger partial charge on any atom is 0.109 e. The zero-order valence-corrected chi connectivity index (χ0v) is 13.3. The lowest BCUT2D eigenvalue weighted by molar-refractivity contribution is -0.919. The number of nitrogen functional groups attached to an aromatic ring is 1. The lowest BCUT2D eigenvalue weighted by atomic mass is 10.1.